The lowest BCUT2D eigenvalue weighted by Crippen LogP contribution is -2.37. The molecule has 2 atom stereocenters. The quantitative estimate of drug-likeness (QED) is 0.392. The molecule has 1 amide bonds. The first-order chi connectivity index (χ1) is 9.90. The van der Waals surface area contributed by atoms with E-state index in [0.717, 1.165) is 13.0 Å². The maximum Gasteiger partial charge on any atom is 0.268 e. The van der Waals surface area contributed by atoms with Crippen LogP contribution in [-0.2, 0) is 6.54 Å². The largest absolute Gasteiger partial charge is 0.464 e. The Hall–Kier alpha value is -1.41. The van der Waals surface area contributed by atoms with Crippen LogP contribution in [0.2, 0.25) is 0 Å². The van der Waals surface area contributed by atoms with E-state index in [9.17, 15) is 9.90 Å². The highest BCUT2D eigenvalue weighted by atomic mass is 16.3. The number of hydrogen-bond acceptors (Lipinski definition) is 6. The predicted octanol–water partition coefficient (Wildman–Crippen LogP) is -0.312. The van der Waals surface area contributed by atoms with Gasteiger partial charge in [0.25, 0.3) is 5.91 Å². The average Bonchev–Trinajstić information content (AvgIpc) is 2.92. The number of nitrogen functional groups attached to an aromatic ring is 1. The Morgan fingerprint density at radius 3 is 2.95 bits per heavy atom. The third kappa shape index (κ3) is 3.82. The summed E-state index contributed by atoms with van der Waals surface area (Å²) in [6, 6.07) is 2.00. The highest BCUT2D eigenvalue weighted by Gasteiger charge is 2.32. The standard InChI is InChI=1S/C14H24N4O3/c1-9-13(14(20)16-15)5-12(21-9)8-18-7-11(19)4-10(18)6-17(2)3/h5,10-11,19H,4,6-8,15H2,1-3H3,(H,16,20). The van der Waals surface area contributed by atoms with Gasteiger partial charge in [0.05, 0.1) is 18.2 Å². The minimum Gasteiger partial charge on any atom is -0.464 e. The number of aliphatic hydroxyl groups excluding tert-OH is 1. The van der Waals surface area contributed by atoms with Crippen LogP contribution in [0.1, 0.15) is 28.3 Å². The van der Waals surface area contributed by atoms with Crippen LogP contribution in [0.25, 0.3) is 0 Å². The van der Waals surface area contributed by atoms with Gasteiger partial charge in [-0.1, -0.05) is 0 Å². The van der Waals surface area contributed by atoms with Crippen LogP contribution in [0.4, 0.5) is 0 Å². The number of aryl methyl sites for hydroxylation is 1. The third-order valence-electron chi connectivity index (χ3n) is 3.79. The van der Waals surface area contributed by atoms with Crippen molar-refractivity contribution in [3.05, 3.63) is 23.2 Å². The number of hydrazine groups is 1. The van der Waals surface area contributed by atoms with Crippen molar-refractivity contribution in [1.29, 1.82) is 0 Å². The van der Waals surface area contributed by atoms with Crippen molar-refractivity contribution in [2.75, 3.05) is 27.2 Å². The molecule has 7 heteroatoms. The van der Waals surface area contributed by atoms with Gasteiger partial charge in [-0.15, -0.1) is 0 Å². The normalized spacial score (nSPS) is 23.0. The summed E-state index contributed by atoms with van der Waals surface area (Å²) in [5.41, 5.74) is 2.57. The van der Waals surface area contributed by atoms with E-state index in [2.05, 4.69) is 15.2 Å². The van der Waals surface area contributed by atoms with Gasteiger partial charge in [0.15, 0.2) is 0 Å². The summed E-state index contributed by atoms with van der Waals surface area (Å²) >= 11 is 0. The molecule has 1 fully saturated rings. The summed E-state index contributed by atoms with van der Waals surface area (Å²) in [5, 5.41) is 9.88. The van der Waals surface area contributed by atoms with Gasteiger partial charge in [0.1, 0.15) is 11.5 Å². The lowest BCUT2D eigenvalue weighted by molar-refractivity contribution is 0.0952. The molecule has 21 heavy (non-hydrogen) atoms. The number of likely N-dealkylation sites (tertiary alicyclic amines) is 1. The molecular weight excluding hydrogens is 272 g/mol. The molecule has 118 valence electrons. The molecule has 7 nitrogen and oxygen atoms in total. The molecule has 2 heterocycles. The van der Waals surface area contributed by atoms with Crippen LogP contribution in [0, 0.1) is 6.92 Å². The van der Waals surface area contributed by atoms with Crippen LogP contribution in [0.15, 0.2) is 10.5 Å². The van der Waals surface area contributed by atoms with Crippen molar-refractivity contribution in [3.8, 4) is 0 Å². The smallest absolute Gasteiger partial charge is 0.268 e. The number of carbonyl (C=O) groups is 1. The van der Waals surface area contributed by atoms with Crippen LogP contribution >= 0.6 is 0 Å². The van der Waals surface area contributed by atoms with Gasteiger partial charge in [-0.05, 0) is 33.5 Å². The summed E-state index contributed by atoms with van der Waals surface area (Å²) in [5.74, 6) is 6.06. The molecule has 0 bridgehead atoms. The van der Waals surface area contributed by atoms with E-state index < -0.39 is 0 Å². The molecule has 0 spiro atoms. The maximum absolute atomic E-state index is 11.6. The molecule has 1 aromatic heterocycles. The molecule has 2 rings (SSSR count). The number of nitrogens with zero attached hydrogens (tertiary/aromatic N) is 2. The van der Waals surface area contributed by atoms with Gasteiger partial charge in [0.2, 0.25) is 0 Å². The molecule has 0 aliphatic carbocycles. The van der Waals surface area contributed by atoms with Crippen LogP contribution in [0.3, 0.4) is 0 Å². The number of carbonyl (C=O) groups excluding carboxylic acids is 1. The van der Waals surface area contributed by atoms with Gasteiger partial charge >= 0.3 is 0 Å². The first-order valence-corrected chi connectivity index (χ1v) is 7.07. The zero-order valence-corrected chi connectivity index (χ0v) is 12.8. The van der Waals surface area contributed by atoms with Crippen molar-refractivity contribution < 1.29 is 14.3 Å². The molecule has 4 N–H and O–H groups in total. The number of furan rings is 1. The molecule has 1 saturated heterocycles. The number of amides is 1. The second kappa shape index (κ2) is 6.57. The van der Waals surface area contributed by atoms with Crippen LogP contribution < -0.4 is 11.3 Å². The maximum atomic E-state index is 11.6. The fourth-order valence-corrected chi connectivity index (χ4v) is 2.89. The molecule has 0 saturated carbocycles. The Morgan fingerprint density at radius 1 is 1.62 bits per heavy atom. The number of rotatable bonds is 5. The van der Waals surface area contributed by atoms with Crippen LogP contribution in [0.5, 0.6) is 0 Å². The minimum atomic E-state index is -0.353. The molecular formula is C14H24N4O3. The molecule has 0 aromatic carbocycles. The second-order valence-corrected chi connectivity index (χ2v) is 5.89. The summed E-state index contributed by atoms with van der Waals surface area (Å²) < 4.78 is 5.63. The summed E-state index contributed by atoms with van der Waals surface area (Å²) in [6.45, 7) is 3.82. The van der Waals surface area contributed by atoms with E-state index in [0.29, 0.717) is 30.2 Å². The Balaban J connectivity index is 2.08. The average molecular weight is 296 g/mol. The number of nitrogens with one attached hydrogen (secondary N) is 1. The van der Waals surface area contributed by atoms with Crippen molar-refractivity contribution in [2.45, 2.75) is 32.0 Å². The zero-order valence-electron chi connectivity index (χ0n) is 12.8. The number of aliphatic hydroxyl groups is 1. The highest BCUT2D eigenvalue weighted by Crippen LogP contribution is 2.23. The Kier molecular flexibility index (Phi) is 5.00. The summed E-state index contributed by atoms with van der Waals surface area (Å²) in [4.78, 5) is 15.9. The zero-order chi connectivity index (χ0) is 15.6. The van der Waals surface area contributed by atoms with Gasteiger partial charge in [-0.3, -0.25) is 15.1 Å². The third-order valence-corrected chi connectivity index (χ3v) is 3.79. The summed E-state index contributed by atoms with van der Waals surface area (Å²) in [6.07, 6.45) is 0.450. The first kappa shape index (κ1) is 16.0. The van der Waals surface area contributed by atoms with Gasteiger partial charge in [-0.2, -0.15) is 0 Å². The van der Waals surface area contributed by atoms with Crippen molar-refractivity contribution >= 4 is 5.91 Å². The van der Waals surface area contributed by atoms with Crippen molar-refractivity contribution in [2.24, 2.45) is 5.84 Å². The Labute approximate surface area is 124 Å². The van der Waals surface area contributed by atoms with E-state index in [1.54, 1.807) is 13.0 Å². The lowest BCUT2D eigenvalue weighted by atomic mass is 10.2. The Bertz CT molecular complexity index is 500. The van der Waals surface area contributed by atoms with Gasteiger partial charge < -0.3 is 14.4 Å². The van der Waals surface area contributed by atoms with E-state index in [1.807, 2.05) is 14.1 Å². The minimum absolute atomic E-state index is 0.284. The number of hydrogen-bond donors (Lipinski definition) is 3. The van der Waals surface area contributed by atoms with Crippen molar-refractivity contribution in [1.82, 2.24) is 15.2 Å². The van der Waals surface area contributed by atoms with E-state index in [-0.39, 0.29) is 18.1 Å². The lowest BCUT2D eigenvalue weighted by Gasteiger charge is -2.25. The molecule has 2 unspecified atom stereocenters. The highest BCUT2D eigenvalue weighted by molar-refractivity contribution is 5.94. The number of β-amino-alcohol motifs (C(OH)–C–C–N with tert-alkyl or cyclic N) is 1. The molecule has 1 aromatic rings. The summed E-state index contributed by atoms with van der Waals surface area (Å²) in [7, 11) is 4.03. The topological polar surface area (TPSA) is 95.0 Å². The van der Waals surface area contributed by atoms with Gasteiger partial charge in [-0.25, -0.2) is 5.84 Å². The SMILES string of the molecule is Cc1oc(CN2CC(O)CC2CN(C)C)cc1C(=O)NN. The number of likely N-dealkylation sites (N-methyl/N-ethyl adjacent to an activating group) is 1. The monoisotopic (exact) mass is 296 g/mol. The fourth-order valence-electron chi connectivity index (χ4n) is 2.89. The molecule has 1 aliphatic heterocycles. The van der Waals surface area contributed by atoms with Gasteiger partial charge in [0, 0.05) is 19.1 Å². The van der Waals surface area contributed by atoms with E-state index in [1.165, 1.54) is 0 Å². The van der Waals surface area contributed by atoms with E-state index >= 15 is 0 Å². The van der Waals surface area contributed by atoms with E-state index in [4.69, 9.17) is 10.3 Å². The molecule has 0 radical (unpaired) electrons. The predicted molar refractivity (Wildman–Crippen MR) is 78.5 cm³/mol. The first-order valence-electron chi connectivity index (χ1n) is 7.07. The Morgan fingerprint density at radius 2 is 2.33 bits per heavy atom. The molecule has 1 aliphatic rings. The van der Waals surface area contributed by atoms with Crippen LogP contribution in [-0.4, -0.2) is 60.1 Å². The van der Waals surface area contributed by atoms with Crippen molar-refractivity contribution in [3.63, 3.8) is 0 Å². The second-order valence-electron chi connectivity index (χ2n) is 5.89. The fraction of sp³-hybridized carbons (Fsp3) is 0.643. The number of nitrogens with two attached hydrogens (primary N) is 1.